The fourth-order valence-corrected chi connectivity index (χ4v) is 2.03. The van der Waals surface area contributed by atoms with Gasteiger partial charge in [-0.1, -0.05) is 0 Å². The Kier molecular flexibility index (Phi) is 4.23. The number of carbonyl (C=O) groups is 1. The van der Waals surface area contributed by atoms with E-state index in [2.05, 4.69) is 21.2 Å². The van der Waals surface area contributed by atoms with Gasteiger partial charge in [-0.05, 0) is 52.7 Å². The van der Waals surface area contributed by atoms with E-state index in [1.807, 2.05) is 0 Å². The summed E-state index contributed by atoms with van der Waals surface area (Å²) in [5.41, 5.74) is 7.72. The molecule has 2 rings (SSSR count). The molecule has 1 amide bonds. The SMILES string of the molecule is Cc1cc([N+](=O)[O-])ccc1NC(=O)c1ccc(Br)c(N)c1. The molecule has 2 aromatic rings. The number of nitrogens with zero attached hydrogens (tertiary/aromatic N) is 1. The molecule has 0 bridgehead atoms. The van der Waals surface area contributed by atoms with E-state index < -0.39 is 4.92 Å². The number of carbonyl (C=O) groups excluding carboxylic acids is 1. The summed E-state index contributed by atoms with van der Waals surface area (Å²) in [4.78, 5) is 22.3. The maximum Gasteiger partial charge on any atom is 0.269 e. The van der Waals surface area contributed by atoms with Crippen LogP contribution in [0.5, 0.6) is 0 Å². The smallest absolute Gasteiger partial charge is 0.269 e. The van der Waals surface area contributed by atoms with Gasteiger partial charge in [-0.2, -0.15) is 0 Å². The van der Waals surface area contributed by atoms with E-state index in [0.29, 0.717) is 27.0 Å². The molecular formula is C14H12BrN3O3. The molecule has 0 heterocycles. The van der Waals surface area contributed by atoms with Gasteiger partial charge in [0.25, 0.3) is 11.6 Å². The first-order valence-corrected chi connectivity index (χ1v) is 6.79. The van der Waals surface area contributed by atoms with Gasteiger partial charge in [-0.25, -0.2) is 0 Å². The Morgan fingerprint density at radius 1 is 1.29 bits per heavy atom. The molecule has 0 unspecified atom stereocenters. The zero-order valence-electron chi connectivity index (χ0n) is 11.1. The Morgan fingerprint density at radius 3 is 2.57 bits per heavy atom. The third kappa shape index (κ3) is 3.38. The topological polar surface area (TPSA) is 98.3 Å². The van der Waals surface area contributed by atoms with E-state index in [4.69, 9.17) is 5.73 Å². The van der Waals surface area contributed by atoms with Gasteiger partial charge in [0.15, 0.2) is 0 Å². The molecule has 2 aromatic carbocycles. The number of aryl methyl sites for hydroxylation is 1. The van der Waals surface area contributed by atoms with Crippen LogP contribution in [0, 0.1) is 17.0 Å². The Morgan fingerprint density at radius 2 is 2.00 bits per heavy atom. The number of nitrogen functional groups attached to an aromatic ring is 1. The number of nitro benzene ring substituents is 1. The molecule has 6 nitrogen and oxygen atoms in total. The molecule has 0 aliphatic carbocycles. The average Bonchev–Trinajstić information content (AvgIpc) is 2.43. The van der Waals surface area contributed by atoms with Crippen LogP contribution in [0.2, 0.25) is 0 Å². The standard InChI is InChI=1S/C14H12BrN3O3/c1-8-6-10(18(20)21)3-5-13(8)17-14(19)9-2-4-11(15)12(16)7-9/h2-7H,16H2,1H3,(H,17,19). The predicted octanol–water partition coefficient (Wildman–Crippen LogP) is 3.50. The fourth-order valence-electron chi connectivity index (χ4n) is 1.78. The van der Waals surface area contributed by atoms with Crippen molar-refractivity contribution in [2.24, 2.45) is 0 Å². The highest BCUT2D eigenvalue weighted by Crippen LogP contribution is 2.23. The maximum atomic E-state index is 12.1. The molecule has 21 heavy (non-hydrogen) atoms. The summed E-state index contributed by atoms with van der Waals surface area (Å²) in [5, 5.41) is 13.4. The van der Waals surface area contributed by atoms with Crippen LogP contribution in [0.25, 0.3) is 0 Å². The summed E-state index contributed by atoms with van der Waals surface area (Å²) < 4.78 is 0.713. The monoisotopic (exact) mass is 349 g/mol. The molecule has 0 saturated heterocycles. The Bertz CT molecular complexity index is 731. The second-order valence-electron chi connectivity index (χ2n) is 4.45. The molecule has 0 spiro atoms. The summed E-state index contributed by atoms with van der Waals surface area (Å²) in [6.45, 7) is 1.69. The summed E-state index contributed by atoms with van der Waals surface area (Å²) in [7, 11) is 0. The summed E-state index contributed by atoms with van der Waals surface area (Å²) in [5.74, 6) is -0.328. The minimum absolute atomic E-state index is 0.0154. The molecule has 0 radical (unpaired) electrons. The highest BCUT2D eigenvalue weighted by molar-refractivity contribution is 9.10. The molecule has 0 saturated carbocycles. The molecule has 0 atom stereocenters. The van der Waals surface area contributed by atoms with Crippen molar-refractivity contribution < 1.29 is 9.72 Å². The number of hydrogen-bond donors (Lipinski definition) is 2. The number of hydrogen-bond acceptors (Lipinski definition) is 4. The van der Waals surface area contributed by atoms with Gasteiger partial charge in [0.2, 0.25) is 0 Å². The van der Waals surface area contributed by atoms with E-state index in [-0.39, 0.29) is 11.6 Å². The number of halogens is 1. The quantitative estimate of drug-likeness (QED) is 0.503. The minimum Gasteiger partial charge on any atom is -0.398 e. The molecule has 0 aromatic heterocycles. The molecule has 0 aliphatic heterocycles. The summed E-state index contributed by atoms with van der Waals surface area (Å²) in [6, 6.07) is 9.14. The Hall–Kier alpha value is -2.41. The first kappa shape index (κ1) is 15.0. The third-order valence-corrected chi connectivity index (χ3v) is 3.65. The van der Waals surface area contributed by atoms with Crippen molar-refractivity contribution in [1.29, 1.82) is 0 Å². The van der Waals surface area contributed by atoms with E-state index in [9.17, 15) is 14.9 Å². The van der Waals surface area contributed by atoms with E-state index >= 15 is 0 Å². The summed E-state index contributed by atoms with van der Waals surface area (Å²) >= 11 is 3.26. The van der Waals surface area contributed by atoms with Gasteiger partial charge in [0.1, 0.15) is 0 Å². The number of nitro groups is 1. The molecule has 0 fully saturated rings. The number of benzene rings is 2. The first-order chi connectivity index (χ1) is 9.88. The van der Waals surface area contributed by atoms with E-state index in [0.717, 1.165) is 0 Å². The van der Waals surface area contributed by atoms with Gasteiger partial charge >= 0.3 is 0 Å². The van der Waals surface area contributed by atoms with Crippen LogP contribution in [-0.4, -0.2) is 10.8 Å². The lowest BCUT2D eigenvalue weighted by Gasteiger charge is -2.09. The second-order valence-corrected chi connectivity index (χ2v) is 5.30. The average molecular weight is 350 g/mol. The molecular weight excluding hydrogens is 338 g/mol. The minimum atomic E-state index is -0.478. The number of nitrogens with one attached hydrogen (secondary N) is 1. The van der Waals surface area contributed by atoms with Gasteiger partial charge in [-0.3, -0.25) is 14.9 Å². The number of non-ortho nitro benzene ring substituents is 1. The first-order valence-electron chi connectivity index (χ1n) is 6.00. The van der Waals surface area contributed by atoms with Crippen LogP contribution in [0.3, 0.4) is 0 Å². The molecule has 108 valence electrons. The second kappa shape index (κ2) is 5.92. The molecule has 7 heteroatoms. The lowest BCUT2D eigenvalue weighted by Crippen LogP contribution is -2.13. The number of amides is 1. The van der Waals surface area contributed by atoms with Gasteiger partial charge in [-0.15, -0.1) is 0 Å². The van der Waals surface area contributed by atoms with Crippen LogP contribution in [-0.2, 0) is 0 Å². The van der Waals surface area contributed by atoms with Crippen molar-refractivity contribution in [1.82, 2.24) is 0 Å². The Balaban J connectivity index is 2.23. The van der Waals surface area contributed by atoms with Crippen molar-refractivity contribution in [3.05, 3.63) is 62.1 Å². The lowest BCUT2D eigenvalue weighted by atomic mass is 10.1. The van der Waals surface area contributed by atoms with Crippen molar-refractivity contribution >= 4 is 38.9 Å². The van der Waals surface area contributed by atoms with Crippen LogP contribution in [0.4, 0.5) is 17.1 Å². The lowest BCUT2D eigenvalue weighted by molar-refractivity contribution is -0.384. The third-order valence-electron chi connectivity index (χ3n) is 2.93. The van der Waals surface area contributed by atoms with Gasteiger partial charge < -0.3 is 11.1 Å². The number of anilines is 2. The molecule has 0 aliphatic rings. The highest BCUT2D eigenvalue weighted by Gasteiger charge is 2.12. The predicted molar refractivity (Wildman–Crippen MR) is 84.3 cm³/mol. The number of nitrogens with two attached hydrogens (primary N) is 1. The van der Waals surface area contributed by atoms with Gasteiger partial charge in [0, 0.05) is 33.5 Å². The Labute approximate surface area is 129 Å². The van der Waals surface area contributed by atoms with Crippen LogP contribution < -0.4 is 11.1 Å². The maximum absolute atomic E-state index is 12.1. The van der Waals surface area contributed by atoms with Crippen molar-refractivity contribution in [2.75, 3.05) is 11.1 Å². The molecule has 3 N–H and O–H groups in total. The van der Waals surface area contributed by atoms with Crippen molar-refractivity contribution in [2.45, 2.75) is 6.92 Å². The van der Waals surface area contributed by atoms with Crippen LogP contribution in [0.15, 0.2) is 40.9 Å². The number of rotatable bonds is 3. The van der Waals surface area contributed by atoms with Gasteiger partial charge in [0.05, 0.1) is 4.92 Å². The van der Waals surface area contributed by atoms with Crippen LogP contribution in [0.1, 0.15) is 15.9 Å². The highest BCUT2D eigenvalue weighted by atomic mass is 79.9. The zero-order chi connectivity index (χ0) is 15.6. The van der Waals surface area contributed by atoms with Crippen molar-refractivity contribution in [3.8, 4) is 0 Å². The zero-order valence-corrected chi connectivity index (χ0v) is 12.7. The van der Waals surface area contributed by atoms with Crippen LogP contribution >= 0.6 is 15.9 Å². The normalized spacial score (nSPS) is 10.2. The summed E-state index contributed by atoms with van der Waals surface area (Å²) in [6.07, 6.45) is 0. The van der Waals surface area contributed by atoms with E-state index in [1.54, 1.807) is 25.1 Å². The van der Waals surface area contributed by atoms with E-state index in [1.165, 1.54) is 18.2 Å². The fraction of sp³-hybridized carbons (Fsp3) is 0.0714. The largest absolute Gasteiger partial charge is 0.398 e. The van der Waals surface area contributed by atoms with Crippen molar-refractivity contribution in [3.63, 3.8) is 0 Å².